The fourth-order valence-electron chi connectivity index (χ4n) is 5.46. The lowest BCUT2D eigenvalue weighted by atomic mass is 9.92. The third-order valence-corrected chi connectivity index (χ3v) is 7.25. The molecule has 0 saturated carbocycles. The van der Waals surface area contributed by atoms with Crippen molar-refractivity contribution in [3.05, 3.63) is 59.7 Å². The maximum absolute atomic E-state index is 13.3. The van der Waals surface area contributed by atoms with E-state index in [1.165, 1.54) is 4.90 Å². The normalized spacial score (nSPS) is 19.9. The minimum atomic E-state index is -1.20. The molecule has 2 aliphatic rings. The van der Waals surface area contributed by atoms with Crippen molar-refractivity contribution in [2.24, 2.45) is 0 Å². The number of hydrogen-bond donors (Lipinski definition) is 2. The zero-order valence-electron chi connectivity index (χ0n) is 19.8. The molecule has 1 aliphatic heterocycles. The van der Waals surface area contributed by atoms with Crippen molar-refractivity contribution in [3.63, 3.8) is 0 Å². The number of likely N-dealkylation sites (tertiary alicyclic amines) is 1. The number of alkyl carbamates (subject to hydrolysis) is 1. The van der Waals surface area contributed by atoms with Crippen LogP contribution in [0.5, 0.6) is 0 Å². The van der Waals surface area contributed by atoms with Crippen LogP contribution in [-0.4, -0.2) is 52.7 Å². The van der Waals surface area contributed by atoms with E-state index in [2.05, 4.69) is 17.4 Å². The van der Waals surface area contributed by atoms with Crippen molar-refractivity contribution < 1.29 is 24.2 Å². The van der Waals surface area contributed by atoms with E-state index >= 15 is 0 Å². The van der Waals surface area contributed by atoms with E-state index in [0.717, 1.165) is 22.3 Å². The predicted octanol–water partition coefficient (Wildman–Crippen LogP) is 4.55. The molecule has 7 heteroatoms. The van der Waals surface area contributed by atoms with Gasteiger partial charge in [-0.1, -0.05) is 68.8 Å². The van der Waals surface area contributed by atoms with E-state index in [4.69, 9.17) is 4.74 Å². The smallest absolute Gasteiger partial charge is 0.407 e. The molecule has 2 amide bonds. The molecular formula is C27H32N2O5. The molecule has 2 atom stereocenters. The number of carbonyl (C=O) groups is 3. The highest BCUT2D eigenvalue weighted by Gasteiger charge is 2.49. The van der Waals surface area contributed by atoms with Crippen LogP contribution in [0.1, 0.15) is 63.0 Å². The number of nitrogens with zero attached hydrogens (tertiary/aromatic N) is 1. The summed E-state index contributed by atoms with van der Waals surface area (Å²) in [6.45, 7) is 4.25. The highest BCUT2D eigenvalue weighted by molar-refractivity contribution is 5.92. The first-order valence-corrected chi connectivity index (χ1v) is 12.1. The number of fused-ring (bicyclic) bond motifs is 3. The van der Waals surface area contributed by atoms with E-state index in [9.17, 15) is 19.5 Å². The second-order valence-corrected chi connectivity index (χ2v) is 9.09. The second kappa shape index (κ2) is 9.87. The SMILES string of the molecule is CCC[C@H](NC(=O)OCC1c2ccccc2-c2ccccc21)C(=O)N1CCCC1(CC)C(=O)O. The fourth-order valence-corrected chi connectivity index (χ4v) is 5.46. The second-order valence-electron chi connectivity index (χ2n) is 9.09. The molecule has 1 heterocycles. The van der Waals surface area contributed by atoms with Gasteiger partial charge in [-0.3, -0.25) is 4.79 Å². The van der Waals surface area contributed by atoms with Gasteiger partial charge in [0.15, 0.2) is 0 Å². The zero-order valence-corrected chi connectivity index (χ0v) is 19.8. The molecule has 0 aromatic heterocycles. The highest BCUT2D eigenvalue weighted by atomic mass is 16.5. The van der Waals surface area contributed by atoms with Crippen molar-refractivity contribution in [2.45, 2.75) is 63.5 Å². The number of aliphatic carboxylic acids is 1. The molecule has 0 spiro atoms. The van der Waals surface area contributed by atoms with Crippen LogP contribution in [0.4, 0.5) is 4.79 Å². The average molecular weight is 465 g/mol. The van der Waals surface area contributed by atoms with E-state index in [-0.39, 0.29) is 18.4 Å². The quantitative estimate of drug-likeness (QED) is 0.598. The van der Waals surface area contributed by atoms with Crippen LogP contribution in [-0.2, 0) is 14.3 Å². The summed E-state index contributed by atoms with van der Waals surface area (Å²) in [7, 11) is 0. The summed E-state index contributed by atoms with van der Waals surface area (Å²) in [5, 5.41) is 12.6. The molecule has 2 N–H and O–H groups in total. The van der Waals surface area contributed by atoms with Crippen LogP contribution in [0.3, 0.4) is 0 Å². The number of carboxylic acid groups (broad SMARTS) is 1. The summed E-state index contributed by atoms with van der Waals surface area (Å²) in [6.07, 6.45) is 1.81. The lowest BCUT2D eigenvalue weighted by molar-refractivity contribution is -0.157. The Bertz CT molecular complexity index is 1040. The molecule has 1 saturated heterocycles. The van der Waals surface area contributed by atoms with Crippen molar-refractivity contribution in [1.29, 1.82) is 0 Å². The molecule has 180 valence electrons. The number of carboxylic acids is 1. The third kappa shape index (κ3) is 4.15. The van der Waals surface area contributed by atoms with Crippen molar-refractivity contribution >= 4 is 18.0 Å². The molecule has 1 fully saturated rings. The highest BCUT2D eigenvalue weighted by Crippen LogP contribution is 2.44. The van der Waals surface area contributed by atoms with Crippen molar-refractivity contribution in [3.8, 4) is 11.1 Å². The minimum absolute atomic E-state index is 0.0724. The van der Waals surface area contributed by atoms with Crippen LogP contribution in [0.15, 0.2) is 48.5 Å². The van der Waals surface area contributed by atoms with Gasteiger partial charge in [0, 0.05) is 12.5 Å². The van der Waals surface area contributed by atoms with Gasteiger partial charge in [-0.15, -0.1) is 0 Å². The molecule has 1 aliphatic carbocycles. The maximum atomic E-state index is 13.3. The molecule has 0 bridgehead atoms. The molecule has 0 radical (unpaired) electrons. The monoisotopic (exact) mass is 464 g/mol. The minimum Gasteiger partial charge on any atom is -0.479 e. The lowest BCUT2D eigenvalue weighted by Crippen LogP contribution is -2.58. The van der Waals surface area contributed by atoms with Gasteiger partial charge in [0.25, 0.3) is 0 Å². The molecule has 4 rings (SSSR count). The van der Waals surface area contributed by atoms with E-state index in [1.54, 1.807) is 6.92 Å². The lowest BCUT2D eigenvalue weighted by Gasteiger charge is -2.36. The Hall–Kier alpha value is -3.35. The molecule has 2 aromatic carbocycles. The van der Waals surface area contributed by atoms with Gasteiger partial charge in [-0.05, 0) is 47.9 Å². The maximum Gasteiger partial charge on any atom is 0.407 e. The first-order valence-electron chi connectivity index (χ1n) is 12.1. The number of nitrogens with one attached hydrogen (secondary N) is 1. The summed E-state index contributed by atoms with van der Waals surface area (Å²) >= 11 is 0. The molecule has 34 heavy (non-hydrogen) atoms. The molecule has 2 aromatic rings. The zero-order chi connectivity index (χ0) is 24.3. The predicted molar refractivity (Wildman–Crippen MR) is 129 cm³/mol. The number of amides is 2. The van der Waals surface area contributed by atoms with Crippen LogP contribution in [0.2, 0.25) is 0 Å². The summed E-state index contributed by atoms with van der Waals surface area (Å²) in [5.74, 6) is -1.41. The van der Waals surface area contributed by atoms with Crippen molar-refractivity contribution in [2.75, 3.05) is 13.2 Å². The molecule has 7 nitrogen and oxygen atoms in total. The Kier molecular flexibility index (Phi) is 6.91. The Balaban J connectivity index is 1.45. The Morgan fingerprint density at radius 2 is 1.71 bits per heavy atom. The fraction of sp³-hybridized carbons (Fsp3) is 0.444. The third-order valence-electron chi connectivity index (χ3n) is 7.25. The van der Waals surface area contributed by atoms with Gasteiger partial charge < -0.3 is 20.1 Å². The summed E-state index contributed by atoms with van der Waals surface area (Å²) in [6, 6.07) is 15.4. The number of benzene rings is 2. The summed E-state index contributed by atoms with van der Waals surface area (Å²) in [5.41, 5.74) is 3.31. The summed E-state index contributed by atoms with van der Waals surface area (Å²) in [4.78, 5) is 39.6. The standard InChI is InChI=1S/C27H32N2O5/c1-3-10-23(24(30)29-16-9-15-27(29,4-2)25(31)32)28-26(33)34-17-22-20-13-7-5-11-18(20)19-12-6-8-14-21(19)22/h5-8,11-14,22-23H,3-4,9-10,15-17H2,1-2H3,(H,28,33)(H,31,32)/t23-,27?/m0/s1. The first-order chi connectivity index (χ1) is 16.4. The van der Waals surface area contributed by atoms with E-state index < -0.39 is 23.6 Å². The van der Waals surface area contributed by atoms with Gasteiger partial charge in [-0.2, -0.15) is 0 Å². The van der Waals surface area contributed by atoms with Gasteiger partial charge >= 0.3 is 12.1 Å². The van der Waals surface area contributed by atoms with E-state index in [1.807, 2.05) is 43.3 Å². The Morgan fingerprint density at radius 3 is 2.26 bits per heavy atom. The number of carbonyl (C=O) groups excluding carboxylic acids is 2. The Morgan fingerprint density at radius 1 is 1.09 bits per heavy atom. The van der Waals surface area contributed by atoms with E-state index in [0.29, 0.717) is 38.6 Å². The molecule has 1 unspecified atom stereocenters. The number of hydrogen-bond acceptors (Lipinski definition) is 4. The Labute approximate surface area is 200 Å². The van der Waals surface area contributed by atoms with Crippen LogP contribution >= 0.6 is 0 Å². The topological polar surface area (TPSA) is 95.9 Å². The number of rotatable bonds is 8. The first kappa shape index (κ1) is 23.8. The van der Waals surface area contributed by atoms with Crippen LogP contribution in [0.25, 0.3) is 11.1 Å². The van der Waals surface area contributed by atoms with Gasteiger partial charge in [0.1, 0.15) is 18.2 Å². The largest absolute Gasteiger partial charge is 0.479 e. The van der Waals surface area contributed by atoms with Crippen LogP contribution in [0, 0.1) is 0 Å². The number of ether oxygens (including phenoxy) is 1. The molecular weight excluding hydrogens is 432 g/mol. The van der Waals surface area contributed by atoms with Gasteiger partial charge in [-0.25, -0.2) is 9.59 Å². The van der Waals surface area contributed by atoms with Gasteiger partial charge in [0.05, 0.1) is 0 Å². The van der Waals surface area contributed by atoms with Gasteiger partial charge in [0.2, 0.25) is 5.91 Å². The average Bonchev–Trinajstić information content (AvgIpc) is 3.42. The van der Waals surface area contributed by atoms with Crippen molar-refractivity contribution in [1.82, 2.24) is 10.2 Å². The van der Waals surface area contributed by atoms with Crippen LogP contribution < -0.4 is 5.32 Å². The summed E-state index contributed by atoms with van der Waals surface area (Å²) < 4.78 is 5.62.